The standard InChI is InChI=1S/C19H20N2OS/c1-15-7-2-3-9-17(15)18(21-10-4-5-11-21)13-19(22)20-14-16-8-6-12-23-16/h2-12,18H,13-14H2,1H3,(H,20,22). The number of carbonyl (C=O) groups excluding carboxylic acids is 1. The Labute approximate surface area is 140 Å². The van der Waals surface area contributed by atoms with Gasteiger partial charge in [0.25, 0.3) is 0 Å². The minimum atomic E-state index is 0.0227. The van der Waals surface area contributed by atoms with Gasteiger partial charge in [-0.1, -0.05) is 30.3 Å². The van der Waals surface area contributed by atoms with Gasteiger partial charge in [-0.2, -0.15) is 0 Å². The Morgan fingerprint density at radius 1 is 1.13 bits per heavy atom. The number of hydrogen-bond acceptors (Lipinski definition) is 2. The number of nitrogens with one attached hydrogen (secondary N) is 1. The average molecular weight is 324 g/mol. The molecule has 1 N–H and O–H groups in total. The number of carbonyl (C=O) groups is 1. The molecule has 1 aromatic carbocycles. The molecular formula is C19H20N2OS. The second-order valence-electron chi connectivity index (χ2n) is 5.56. The van der Waals surface area contributed by atoms with Crippen LogP contribution in [0.5, 0.6) is 0 Å². The van der Waals surface area contributed by atoms with Gasteiger partial charge in [-0.25, -0.2) is 0 Å². The van der Waals surface area contributed by atoms with E-state index in [2.05, 4.69) is 28.9 Å². The predicted octanol–water partition coefficient (Wildman–Crippen LogP) is 4.15. The summed E-state index contributed by atoms with van der Waals surface area (Å²) < 4.78 is 2.10. The van der Waals surface area contributed by atoms with Gasteiger partial charge in [-0.3, -0.25) is 4.79 Å². The molecule has 118 valence electrons. The SMILES string of the molecule is Cc1ccccc1C(CC(=O)NCc1cccs1)n1cccc1. The molecule has 1 unspecified atom stereocenters. The fourth-order valence-electron chi connectivity index (χ4n) is 2.74. The summed E-state index contributed by atoms with van der Waals surface area (Å²) in [5, 5.41) is 5.05. The van der Waals surface area contributed by atoms with Crippen molar-refractivity contribution in [1.29, 1.82) is 0 Å². The molecule has 0 radical (unpaired) electrons. The van der Waals surface area contributed by atoms with E-state index in [-0.39, 0.29) is 11.9 Å². The number of amides is 1. The van der Waals surface area contributed by atoms with E-state index < -0.39 is 0 Å². The molecule has 0 fully saturated rings. The summed E-state index contributed by atoms with van der Waals surface area (Å²) in [6.07, 6.45) is 4.47. The molecule has 3 rings (SSSR count). The van der Waals surface area contributed by atoms with E-state index in [9.17, 15) is 4.79 Å². The summed E-state index contributed by atoms with van der Waals surface area (Å²) in [5.41, 5.74) is 2.40. The van der Waals surface area contributed by atoms with Gasteiger partial charge in [0.15, 0.2) is 0 Å². The lowest BCUT2D eigenvalue weighted by atomic mass is 9.98. The lowest BCUT2D eigenvalue weighted by Crippen LogP contribution is -2.26. The topological polar surface area (TPSA) is 34.0 Å². The van der Waals surface area contributed by atoms with Crippen molar-refractivity contribution in [3.8, 4) is 0 Å². The minimum absolute atomic E-state index is 0.0227. The predicted molar refractivity (Wildman–Crippen MR) is 94.5 cm³/mol. The third-order valence-corrected chi connectivity index (χ3v) is 4.83. The molecule has 4 heteroatoms. The van der Waals surface area contributed by atoms with Crippen molar-refractivity contribution in [2.24, 2.45) is 0 Å². The van der Waals surface area contributed by atoms with Gasteiger partial charge in [0.05, 0.1) is 19.0 Å². The first-order valence-corrected chi connectivity index (χ1v) is 8.59. The number of thiophene rings is 1. The van der Waals surface area contributed by atoms with E-state index in [0.717, 1.165) is 0 Å². The number of benzene rings is 1. The van der Waals surface area contributed by atoms with Crippen LogP contribution >= 0.6 is 11.3 Å². The number of aryl methyl sites for hydroxylation is 1. The maximum absolute atomic E-state index is 12.4. The van der Waals surface area contributed by atoms with Crippen LogP contribution in [0, 0.1) is 6.92 Å². The lowest BCUT2D eigenvalue weighted by Gasteiger charge is -2.21. The fourth-order valence-corrected chi connectivity index (χ4v) is 3.38. The minimum Gasteiger partial charge on any atom is -0.351 e. The Kier molecular flexibility index (Phi) is 4.93. The van der Waals surface area contributed by atoms with Gasteiger partial charge >= 0.3 is 0 Å². The maximum atomic E-state index is 12.4. The summed E-state index contributed by atoms with van der Waals surface area (Å²) in [7, 11) is 0. The molecule has 1 amide bonds. The summed E-state index contributed by atoms with van der Waals surface area (Å²) >= 11 is 1.66. The van der Waals surface area contributed by atoms with Crippen molar-refractivity contribution in [2.45, 2.75) is 25.9 Å². The zero-order valence-electron chi connectivity index (χ0n) is 13.1. The van der Waals surface area contributed by atoms with Crippen molar-refractivity contribution < 1.29 is 4.79 Å². The molecule has 3 aromatic rings. The second kappa shape index (κ2) is 7.29. The third kappa shape index (κ3) is 3.90. The Balaban J connectivity index is 1.74. The molecule has 3 nitrogen and oxygen atoms in total. The monoisotopic (exact) mass is 324 g/mol. The fraction of sp³-hybridized carbons (Fsp3) is 0.211. The van der Waals surface area contributed by atoms with E-state index in [1.807, 2.05) is 54.2 Å². The van der Waals surface area contributed by atoms with E-state index in [1.54, 1.807) is 11.3 Å². The molecule has 0 spiro atoms. The third-order valence-electron chi connectivity index (χ3n) is 3.95. The quantitative estimate of drug-likeness (QED) is 0.726. The molecule has 0 aliphatic rings. The van der Waals surface area contributed by atoms with Crippen LogP contribution in [0.25, 0.3) is 0 Å². The first-order chi connectivity index (χ1) is 11.2. The summed E-state index contributed by atoms with van der Waals surface area (Å²) in [4.78, 5) is 13.6. The molecule has 2 heterocycles. The first kappa shape index (κ1) is 15.6. The first-order valence-electron chi connectivity index (χ1n) is 7.71. The second-order valence-corrected chi connectivity index (χ2v) is 6.60. The van der Waals surface area contributed by atoms with E-state index in [0.29, 0.717) is 13.0 Å². The molecule has 0 aliphatic heterocycles. The highest BCUT2D eigenvalue weighted by molar-refractivity contribution is 7.09. The Morgan fingerprint density at radius 2 is 1.91 bits per heavy atom. The van der Waals surface area contributed by atoms with Crippen LogP contribution in [0.3, 0.4) is 0 Å². The van der Waals surface area contributed by atoms with Crippen LogP contribution in [0.4, 0.5) is 0 Å². The molecule has 1 atom stereocenters. The van der Waals surface area contributed by atoms with Crippen molar-refractivity contribution in [2.75, 3.05) is 0 Å². The molecule has 0 aliphatic carbocycles. The van der Waals surface area contributed by atoms with Crippen molar-refractivity contribution in [3.63, 3.8) is 0 Å². The summed E-state index contributed by atoms with van der Waals surface area (Å²) in [6.45, 7) is 2.69. The number of rotatable bonds is 6. The molecule has 0 bridgehead atoms. The van der Waals surface area contributed by atoms with Crippen LogP contribution in [0.2, 0.25) is 0 Å². The summed E-state index contributed by atoms with van der Waals surface area (Å²) in [5.74, 6) is 0.0698. The number of nitrogens with zero attached hydrogens (tertiary/aromatic N) is 1. The largest absolute Gasteiger partial charge is 0.351 e. The van der Waals surface area contributed by atoms with Crippen molar-refractivity contribution in [1.82, 2.24) is 9.88 Å². The zero-order valence-corrected chi connectivity index (χ0v) is 13.9. The Bertz CT molecular complexity index is 748. The van der Waals surface area contributed by atoms with E-state index >= 15 is 0 Å². The molecule has 23 heavy (non-hydrogen) atoms. The number of hydrogen-bond donors (Lipinski definition) is 1. The zero-order chi connectivity index (χ0) is 16.1. The van der Waals surface area contributed by atoms with Crippen LogP contribution in [0.1, 0.15) is 28.5 Å². The van der Waals surface area contributed by atoms with Gasteiger partial charge < -0.3 is 9.88 Å². The van der Waals surface area contributed by atoms with Crippen molar-refractivity contribution >= 4 is 17.2 Å². The van der Waals surface area contributed by atoms with Gasteiger partial charge in [-0.05, 0) is 41.6 Å². The normalized spacial score (nSPS) is 12.0. The van der Waals surface area contributed by atoms with Crippen LogP contribution in [-0.2, 0) is 11.3 Å². The van der Waals surface area contributed by atoms with Crippen LogP contribution in [0.15, 0.2) is 66.3 Å². The van der Waals surface area contributed by atoms with Crippen molar-refractivity contribution in [3.05, 3.63) is 82.3 Å². The molecule has 0 saturated carbocycles. The highest BCUT2D eigenvalue weighted by atomic mass is 32.1. The van der Waals surface area contributed by atoms with Crippen LogP contribution in [-0.4, -0.2) is 10.5 Å². The summed E-state index contributed by atoms with van der Waals surface area (Å²) in [6, 6.07) is 16.3. The van der Waals surface area contributed by atoms with Gasteiger partial charge in [-0.15, -0.1) is 11.3 Å². The smallest absolute Gasteiger partial charge is 0.222 e. The highest BCUT2D eigenvalue weighted by Crippen LogP contribution is 2.25. The Hall–Kier alpha value is -2.33. The molecule has 0 saturated heterocycles. The van der Waals surface area contributed by atoms with Gasteiger partial charge in [0.2, 0.25) is 5.91 Å². The van der Waals surface area contributed by atoms with Gasteiger partial charge in [0.1, 0.15) is 0 Å². The average Bonchev–Trinajstić information content (AvgIpc) is 3.25. The maximum Gasteiger partial charge on any atom is 0.222 e. The van der Waals surface area contributed by atoms with Crippen LogP contribution < -0.4 is 5.32 Å². The van der Waals surface area contributed by atoms with E-state index in [1.165, 1.54) is 16.0 Å². The lowest BCUT2D eigenvalue weighted by molar-refractivity contribution is -0.121. The highest BCUT2D eigenvalue weighted by Gasteiger charge is 2.18. The Morgan fingerprint density at radius 3 is 2.61 bits per heavy atom. The van der Waals surface area contributed by atoms with E-state index in [4.69, 9.17) is 0 Å². The molecule has 2 aromatic heterocycles. The van der Waals surface area contributed by atoms with Gasteiger partial charge in [0, 0.05) is 17.3 Å². The number of aromatic nitrogens is 1. The molecular weight excluding hydrogens is 304 g/mol.